The number of amides is 1. The van der Waals surface area contributed by atoms with Crippen molar-refractivity contribution in [2.45, 2.75) is 26.9 Å². The molecule has 1 amide bonds. The van der Waals surface area contributed by atoms with Crippen LogP contribution in [0.4, 0.5) is 5.69 Å². The van der Waals surface area contributed by atoms with Crippen molar-refractivity contribution in [1.82, 2.24) is 4.90 Å². The van der Waals surface area contributed by atoms with E-state index in [2.05, 4.69) is 36.9 Å². The van der Waals surface area contributed by atoms with E-state index in [0.717, 1.165) is 37.7 Å². The van der Waals surface area contributed by atoms with Gasteiger partial charge in [-0.1, -0.05) is 24.3 Å². The molecule has 31 heavy (non-hydrogen) atoms. The van der Waals surface area contributed by atoms with Crippen molar-refractivity contribution >= 4 is 11.6 Å². The van der Waals surface area contributed by atoms with Crippen LogP contribution >= 0.6 is 0 Å². The summed E-state index contributed by atoms with van der Waals surface area (Å²) in [7, 11) is 0. The number of anilines is 1. The third kappa shape index (κ3) is 4.96. The van der Waals surface area contributed by atoms with Crippen molar-refractivity contribution in [3.8, 4) is 11.5 Å². The molecule has 0 aliphatic carbocycles. The van der Waals surface area contributed by atoms with E-state index in [4.69, 9.17) is 9.47 Å². The van der Waals surface area contributed by atoms with Gasteiger partial charge in [-0.3, -0.25) is 4.79 Å². The lowest BCUT2D eigenvalue weighted by molar-refractivity contribution is -0.892. The predicted molar refractivity (Wildman–Crippen MR) is 122 cm³/mol. The normalized spacial score (nSPS) is 18.7. The molecule has 2 aliphatic rings. The van der Waals surface area contributed by atoms with Crippen LogP contribution in [0.3, 0.4) is 0 Å². The molecule has 2 heterocycles. The van der Waals surface area contributed by atoms with Crippen LogP contribution in [0.2, 0.25) is 0 Å². The highest BCUT2D eigenvalue weighted by atomic mass is 16.6. The number of carbonyl (C=O) groups is 1. The summed E-state index contributed by atoms with van der Waals surface area (Å²) in [5.74, 6) is 1.73. The van der Waals surface area contributed by atoms with Crippen molar-refractivity contribution in [2.75, 3.05) is 57.3 Å². The lowest BCUT2D eigenvalue weighted by atomic mass is 10.1. The Labute approximate surface area is 185 Å². The molecule has 4 rings (SSSR count). The first kappa shape index (κ1) is 21.5. The van der Waals surface area contributed by atoms with Gasteiger partial charge < -0.3 is 24.2 Å². The number of nitrogens with zero attached hydrogens (tertiary/aromatic N) is 2. The second-order valence-corrected chi connectivity index (χ2v) is 8.56. The lowest BCUT2D eigenvalue weighted by Crippen LogP contribution is -3.16. The van der Waals surface area contributed by atoms with Gasteiger partial charge in [0.05, 0.1) is 32.7 Å². The van der Waals surface area contributed by atoms with Gasteiger partial charge in [0.1, 0.15) is 6.61 Å². The van der Waals surface area contributed by atoms with Gasteiger partial charge in [0.25, 0.3) is 5.91 Å². The van der Waals surface area contributed by atoms with Gasteiger partial charge in [0, 0.05) is 12.2 Å². The minimum Gasteiger partial charge on any atom is -0.486 e. The van der Waals surface area contributed by atoms with Gasteiger partial charge in [-0.05, 0) is 50.1 Å². The standard InChI is InChI=1S/C25H33N3O3/c1-4-27(16-21-18-30-23-10-5-6-11-24(23)31-21)25(29)17-26-12-14-28(15-13-26)22-9-7-8-19(2)20(22)3/h5-11,21H,4,12-18H2,1-3H3/p+1/t21-/m1/s1. The first-order valence-corrected chi connectivity index (χ1v) is 11.4. The van der Waals surface area contributed by atoms with Gasteiger partial charge in [0.15, 0.2) is 24.1 Å². The topological polar surface area (TPSA) is 46.5 Å². The Morgan fingerprint density at radius 3 is 2.58 bits per heavy atom. The highest BCUT2D eigenvalue weighted by Crippen LogP contribution is 2.31. The maximum Gasteiger partial charge on any atom is 0.277 e. The molecule has 0 saturated carbocycles. The molecule has 0 unspecified atom stereocenters. The summed E-state index contributed by atoms with van der Waals surface area (Å²) in [6, 6.07) is 14.2. The fourth-order valence-corrected chi connectivity index (χ4v) is 4.45. The predicted octanol–water partition coefficient (Wildman–Crippen LogP) is 1.70. The number of aryl methyl sites for hydroxylation is 1. The number of benzene rings is 2. The quantitative estimate of drug-likeness (QED) is 0.767. The van der Waals surface area contributed by atoms with Crippen molar-refractivity contribution in [1.29, 1.82) is 0 Å². The average Bonchev–Trinajstić information content (AvgIpc) is 2.79. The molecule has 1 N–H and O–H groups in total. The number of likely N-dealkylation sites (N-methyl/N-ethyl adjacent to an activating group) is 1. The summed E-state index contributed by atoms with van der Waals surface area (Å²) in [6.45, 7) is 12.6. The summed E-state index contributed by atoms with van der Waals surface area (Å²) in [4.78, 5) is 18.7. The number of ether oxygens (including phenoxy) is 2. The zero-order chi connectivity index (χ0) is 21.8. The van der Waals surface area contributed by atoms with E-state index in [0.29, 0.717) is 26.2 Å². The van der Waals surface area contributed by atoms with E-state index < -0.39 is 0 Å². The monoisotopic (exact) mass is 424 g/mol. The number of para-hydroxylation sites is 2. The Hall–Kier alpha value is -2.73. The molecule has 166 valence electrons. The minimum atomic E-state index is -0.130. The largest absolute Gasteiger partial charge is 0.486 e. The number of piperazine rings is 1. The van der Waals surface area contributed by atoms with Crippen LogP contribution in [0.25, 0.3) is 0 Å². The van der Waals surface area contributed by atoms with Crippen molar-refractivity contribution in [2.24, 2.45) is 0 Å². The molecule has 1 fully saturated rings. The Balaban J connectivity index is 1.28. The van der Waals surface area contributed by atoms with Crippen molar-refractivity contribution < 1.29 is 19.2 Å². The molecule has 2 aromatic rings. The van der Waals surface area contributed by atoms with Crippen LogP contribution in [0.1, 0.15) is 18.1 Å². The number of hydrogen-bond acceptors (Lipinski definition) is 4. The summed E-state index contributed by atoms with van der Waals surface area (Å²) in [5.41, 5.74) is 4.02. The first-order valence-electron chi connectivity index (χ1n) is 11.4. The first-order chi connectivity index (χ1) is 15.0. The van der Waals surface area contributed by atoms with Crippen LogP contribution in [0.15, 0.2) is 42.5 Å². The number of quaternary nitrogens is 1. The van der Waals surface area contributed by atoms with E-state index in [1.807, 2.05) is 36.1 Å². The molecule has 6 heteroatoms. The third-order valence-electron chi connectivity index (χ3n) is 6.51. The molecule has 2 aliphatic heterocycles. The lowest BCUT2D eigenvalue weighted by Gasteiger charge is -2.35. The fourth-order valence-electron chi connectivity index (χ4n) is 4.45. The SMILES string of the molecule is CCN(C[C@@H]1COc2ccccc2O1)C(=O)C[NH+]1CCN(c2cccc(C)c2C)CC1. The maximum absolute atomic E-state index is 13.0. The third-order valence-corrected chi connectivity index (χ3v) is 6.51. The number of carbonyl (C=O) groups excluding carboxylic acids is 1. The second kappa shape index (κ2) is 9.60. The minimum absolute atomic E-state index is 0.130. The van der Waals surface area contributed by atoms with Crippen LogP contribution in [-0.2, 0) is 4.79 Å². The Bertz CT molecular complexity index is 909. The van der Waals surface area contributed by atoms with Crippen molar-refractivity contribution in [3.05, 3.63) is 53.6 Å². The zero-order valence-electron chi connectivity index (χ0n) is 18.9. The number of nitrogens with one attached hydrogen (secondary N) is 1. The maximum atomic E-state index is 13.0. The van der Waals surface area contributed by atoms with Crippen LogP contribution < -0.4 is 19.3 Å². The number of rotatable bonds is 6. The highest BCUT2D eigenvalue weighted by molar-refractivity contribution is 5.77. The molecular weight excluding hydrogens is 390 g/mol. The van der Waals surface area contributed by atoms with Gasteiger partial charge in [-0.15, -0.1) is 0 Å². The molecule has 0 aromatic heterocycles. The fraction of sp³-hybridized carbons (Fsp3) is 0.480. The Morgan fingerprint density at radius 1 is 1.10 bits per heavy atom. The van der Waals surface area contributed by atoms with Gasteiger partial charge in [-0.25, -0.2) is 0 Å². The summed E-state index contributed by atoms with van der Waals surface area (Å²) >= 11 is 0. The van der Waals surface area contributed by atoms with E-state index in [9.17, 15) is 4.79 Å². The molecule has 0 radical (unpaired) electrons. The van der Waals surface area contributed by atoms with Crippen LogP contribution in [0, 0.1) is 13.8 Å². The number of fused-ring (bicyclic) bond motifs is 1. The van der Waals surface area contributed by atoms with E-state index >= 15 is 0 Å². The van der Waals surface area contributed by atoms with Gasteiger partial charge >= 0.3 is 0 Å². The highest BCUT2D eigenvalue weighted by Gasteiger charge is 2.28. The van der Waals surface area contributed by atoms with E-state index in [-0.39, 0.29) is 12.0 Å². The molecule has 0 spiro atoms. The average molecular weight is 425 g/mol. The second-order valence-electron chi connectivity index (χ2n) is 8.56. The number of hydrogen-bond donors (Lipinski definition) is 1. The zero-order valence-corrected chi connectivity index (χ0v) is 18.9. The molecule has 6 nitrogen and oxygen atoms in total. The Morgan fingerprint density at radius 2 is 1.84 bits per heavy atom. The van der Waals surface area contributed by atoms with E-state index in [1.165, 1.54) is 21.7 Å². The summed E-state index contributed by atoms with van der Waals surface area (Å²) in [5, 5.41) is 0. The van der Waals surface area contributed by atoms with Crippen molar-refractivity contribution in [3.63, 3.8) is 0 Å². The van der Waals surface area contributed by atoms with Gasteiger partial charge in [-0.2, -0.15) is 0 Å². The summed E-state index contributed by atoms with van der Waals surface area (Å²) < 4.78 is 11.9. The van der Waals surface area contributed by atoms with Crippen LogP contribution in [0.5, 0.6) is 11.5 Å². The smallest absolute Gasteiger partial charge is 0.277 e. The molecule has 1 atom stereocenters. The van der Waals surface area contributed by atoms with Crippen LogP contribution in [-0.4, -0.2) is 69.3 Å². The summed E-state index contributed by atoms with van der Waals surface area (Å²) in [6.07, 6.45) is -0.130. The Kier molecular flexibility index (Phi) is 6.66. The molecule has 2 aromatic carbocycles. The molecule has 0 bridgehead atoms. The molecule has 1 saturated heterocycles. The molecular formula is C25H34N3O3+. The van der Waals surface area contributed by atoms with Gasteiger partial charge in [0.2, 0.25) is 0 Å². The van der Waals surface area contributed by atoms with E-state index in [1.54, 1.807) is 0 Å².